The second-order valence-electron chi connectivity index (χ2n) is 5.33. The molecule has 2 aromatic rings. The van der Waals surface area contributed by atoms with Gasteiger partial charge in [0, 0.05) is 19.3 Å². The molecule has 0 aliphatic carbocycles. The van der Waals surface area contributed by atoms with E-state index in [4.69, 9.17) is 4.74 Å². The van der Waals surface area contributed by atoms with Crippen LogP contribution in [0, 0.1) is 0 Å². The molecule has 3 rings (SSSR count). The Hall–Kier alpha value is -1.95. The van der Waals surface area contributed by atoms with Gasteiger partial charge in [-0.15, -0.1) is 0 Å². The Morgan fingerprint density at radius 1 is 1.35 bits per heavy atom. The van der Waals surface area contributed by atoms with Crippen molar-refractivity contribution in [3.8, 4) is 0 Å². The lowest BCUT2D eigenvalue weighted by molar-refractivity contribution is -0.00545. The van der Waals surface area contributed by atoms with E-state index in [1.807, 2.05) is 12.3 Å². The smallest absolute Gasteiger partial charge is 0.168 e. The molecule has 1 aliphatic rings. The molecule has 2 aromatic heterocycles. The maximum absolute atomic E-state index is 11.6. The highest BCUT2D eigenvalue weighted by molar-refractivity contribution is 5.99. The third-order valence-electron chi connectivity index (χ3n) is 3.48. The fraction of sp³-hybridized carbons (Fsp3) is 0.500. The molecule has 1 saturated heterocycles. The summed E-state index contributed by atoms with van der Waals surface area (Å²) < 4.78 is 7.36. The van der Waals surface area contributed by atoms with E-state index in [0.717, 1.165) is 18.9 Å². The number of carbonyl (C=O) groups is 1. The summed E-state index contributed by atoms with van der Waals surface area (Å²) in [6, 6.07) is 1.93. The molecule has 0 aromatic carbocycles. The Morgan fingerprint density at radius 3 is 2.70 bits per heavy atom. The Balaban J connectivity index is 1.99. The second kappa shape index (κ2) is 4.86. The molecular formula is C14H18N4O2. The van der Waals surface area contributed by atoms with E-state index in [0.29, 0.717) is 11.2 Å². The monoisotopic (exact) mass is 274 g/mol. The van der Waals surface area contributed by atoms with Gasteiger partial charge >= 0.3 is 0 Å². The quantitative estimate of drug-likeness (QED) is 0.778. The van der Waals surface area contributed by atoms with Gasteiger partial charge < -0.3 is 9.64 Å². The maximum atomic E-state index is 11.6. The SMILES string of the molecule is CC(=O)c1cnn2ccc(N3C[C@@H](C)O[C@@H](C)C3)nc12. The minimum atomic E-state index is -0.0200. The van der Waals surface area contributed by atoms with E-state index >= 15 is 0 Å². The molecule has 1 aliphatic heterocycles. The molecule has 0 unspecified atom stereocenters. The molecule has 6 heteroatoms. The Kier molecular flexibility index (Phi) is 3.17. The first-order valence-electron chi connectivity index (χ1n) is 6.80. The number of fused-ring (bicyclic) bond motifs is 1. The first-order chi connectivity index (χ1) is 9.54. The first kappa shape index (κ1) is 13.1. The molecule has 3 heterocycles. The van der Waals surface area contributed by atoms with Crippen LogP contribution in [-0.2, 0) is 4.74 Å². The Bertz CT molecular complexity index is 642. The van der Waals surface area contributed by atoms with E-state index in [1.165, 1.54) is 6.92 Å². The predicted octanol–water partition coefficient (Wildman–Crippen LogP) is 1.55. The second-order valence-corrected chi connectivity index (χ2v) is 5.33. The number of rotatable bonds is 2. The molecule has 0 spiro atoms. The number of aromatic nitrogens is 3. The summed E-state index contributed by atoms with van der Waals surface area (Å²) in [7, 11) is 0. The number of nitrogens with zero attached hydrogens (tertiary/aromatic N) is 4. The number of ketones is 1. The van der Waals surface area contributed by atoms with Crippen LogP contribution in [0.3, 0.4) is 0 Å². The van der Waals surface area contributed by atoms with Gasteiger partial charge in [0.1, 0.15) is 5.82 Å². The zero-order chi connectivity index (χ0) is 14.3. The summed E-state index contributed by atoms with van der Waals surface area (Å²) in [6.07, 6.45) is 3.76. The van der Waals surface area contributed by atoms with Crippen LogP contribution in [0.1, 0.15) is 31.1 Å². The summed E-state index contributed by atoms with van der Waals surface area (Å²) >= 11 is 0. The van der Waals surface area contributed by atoms with Crippen molar-refractivity contribution in [3.63, 3.8) is 0 Å². The molecule has 2 atom stereocenters. The van der Waals surface area contributed by atoms with Crippen molar-refractivity contribution in [2.24, 2.45) is 0 Å². The lowest BCUT2D eigenvalue weighted by Gasteiger charge is -2.36. The van der Waals surface area contributed by atoms with Gasteiger partial charge in [0.05, 0.1) is 24.0 Å². The van der Waals surface area contributed by atoms with Crippen LogP contribution in [0.4, 0.5) is 5.82 Å². The average Bonchev–Trinajstić information content (AvgIpc) is 2.80. The number of Topliss-reactive ketones (excluding diaryl/α,β-unsaturated/α-hetero) is 1. The average molecular weight is 274 g/mol. The number of morpholine rings is 1. The summed E-state index contributed by atoms with van der Waals surface area (Å²) in [5.41, 5.74) is 1.17. The summed E-state index contributed by atoms with van der Waals surface area (Å²) in [4.78, 5) is 18.4. The summed E-state index contributed by atoms with van der Waals surface area (Å²) in [5, 5.41) is 4.15. The maximum Gasteiger partial charge on any atom is 0.168 e. The van der Waals surface area contributed by atoms with E-state index < -0.39 is 0 Å². The summed E-state index contributed by atoms with van der Waals surface area (Å²) in [5.74, 6) is 0.843. The predicted molar refractivity (Wildman–Crippen MR) is 75.2 cm³/mol. The van der Waals surface area contributed by atoms with Crippen molar-refractivity contribution >= 4 is 17.2 Å². The van der Waals surface area contributed by atoms with Crippen molar-refractivity contribution in [1.82, 2.24) is 14.6 Å². The highest BCUT2D eigenvalue weighted by Crippen LogP contribution is 2.20. The number of carbonyl (C=O) groups excluding carboxylic acids is 1. The molecule has 20 heavy (non-hydrogen) atoms. The Morgan fingerprint density at radius 2 is 2.05 bits per heavy atom. The van der Waals surface area contributed by atoms with Crippen LogP contribution in [0.15, 0.2) is 18.5 Å². The molecule has 0 radical (unpaired) electrons. The third kappa shape index (κ3) is 2.27. The van der Waals surface area contributed by atoms with Crippen LogP contribution < -0.4 is 4.90 Å². The minimum absolute atomic E-state index is 0.0200. The van der Waals surface area contributed by atoms with Crippen molar-refractivity contribution in [3.05, 3.63) is 24.0 Å². The van der Waals surface area contributed by atoms with Crippen LogP contribution in [0.5, 0.6) is 0 Å². The van der Waals surface area contributed by atoms with Crippen molar-refractivity contribution < 1.29 is 9.53 Å². The first-order valence-corrected chi connectivity index (χ1v) is 6.80. The molecule has 0 saturated carbocycles. The number of hydrogen-bond acceptors (Lipinski definition) is 5. The highest BCUT2D eigenvalue weighted by atomic mass is 16.5. The number of hydrogen-bond donors (Lipinski definition) is 0. The van der Waals surface area contributed by atoms with E-state index in [2.05, 4.69) is 28.8 Å². The lowest BCUT2D eigenvalue weighted by atomic mass is 10.2. The fourth-order valence-electron chi connectivity index (χ4n) is 2.65. The van der Waals surface area contributed by atoms with Crippen molar-refractivity contribution in [2.45, 2.75) is 33.0 Å². The zero-order valence-corrected chi connectivity index (χ0v) is 11.9. The Labute approximate surface area is 117 Å². The van der Waals surface area contributed by atoms with Gasteiger partial charge in [0.2, 0.25) is 0 Å². The van der Waals surface area contributed by atoms with Crippen LogP contribution >= 0.6 is 0 Å². The van der Waals surface area contributed by atoms with Gasteiger partial charge in [0.25, 0.3) is 0 Å². The van der Waals surface area contributed by atoms with Gasteiger partial charge in [-0.3, -0.25) is 4.79 Å². The van der Waals surface area contributed by atoms with Gasteiger partial charge in [-0.05, 0) is 26.8 Å². The molecule has 6 nitrogen and oxygen atoms in total. The van der Waals surface area contributed by atoms with E-state index in [9.17, 15) is 4.79 Å². The lowest BCUT2D eigenvalue weighted by Crippen LogP contribution is -2.45. The molecule has 0 N–H and O–H groups in total. The normalized spacial score (nSPS) is 23.2. The van der Waals surface area contributed by atoms with Gasteiger partial charge in [-0.25, -0.2) is 9.50 Å². The summed E-state index contributed by atoms with van der Waals surface area (Å²) in [6.45, 7) is 7.25. The zero-order valence-electron chi connectivity index (χ0n) is 11.9. The molecule has 0 amide bonds. The van der Waals surface area contributed by atoms with Gasteiger partial charge in [0.15, 0.2) is 11.4 Å². The number of anilines is 1. The van der Waals surface area contributed by atoms with Crippen molar-refractivity contribution in [1.29, 1.82) is 0 Å². The van der Waals surface area contributed by atoms with Gasteiger partial charge in [-0.1, -0.05) is 0 Å². The third-order valence-corrected chi connectivity index (χ3v) is 3.48. The highest BCUT2D eigenvalue weighted by Gasteiger charge is 2.23. The van der Waals surface area contributed by atoms with E-state index in [1.54, 1.807) is 10.7 Å². The molecule has 1 fully saturated rings. The standard InChI is InChI=1S/C14H18N4O2/c1-9-7-17(8-10(2)20-9)13-4-5-18-14(16-13)12(6-15-18)11(3)19/h4-6,9-10H,7-8H2,1-3H3/t9-,10+. The van der Waals surface area contributed by atoms with Crippen LogP contribution in [-0.4, -0.2) is 45.7 Å². The van der Waals surface area contributed by atoms with Gasteiger partial charge in [-0.2, -0.15) is 5.10 Å². The fourth-order valence-corrected chi connectivity index (χ4v) is 2.65. The van der Waals surface area contributed by atoms with Crippen LogP contribution in [0.25, 0.3) is 5.65 Å². The van der Waals surface area contributed by atoms with E-state index in [-0.39, 0.29) is 18.0 Å². The largest absolute Gasteiger partial charge is 0.372 e. The topological polar surface area (TPSA) is 59.7 Å². The van der Waals surface area contributed by atoms with Crippen molar-refractivity contribution in [2.75, 3.05) is 18.0 Å². The molecular weight excluding hydrogens is 256 g/mol. The number of ether oxygens (including phenoxy) is 1. The molecule has 106 valence electrons. The minimum Gasteiger partial charge on any atom is -0.372 e. The molecule has 0 bridgehead atoms. The van der Waals surface area contributed by atoms with Crippen LogP contribution in [0.2, 0.25) is 0 Å².